The normalized spacial score (nSPS) is 22.2. The highest BCUT2D eigenvalue weighted by Gasteiger charge is 2.45. The Labute approximate surface area is 153 Å². The van der Waals surface area contributed by atoms with Gasteiger partial charge >= 0.3 is 11.9 Å². The molecule has 0 bridgehead atoms. The van der Waals surface area contributed by atoms with Crippen LogP contribution in [0.15, 0.2) is 11.6 Å². The quantitative estimate of drug-likeness (QED) is 0.407. The third kappa shape index (κ3) is 6.48. The number of allylic oxidation sites excluding steroid dienone is 2. The molecule has 0 spiro atoms. The highest BCUT2D eigenvalue weighted by atomic mass is 16.5. The van der Waals surface area contributed by atoms with Crippen LogP contribution in [-0.4, -0.2) is 25.2 Å². The lowest BCUT2D eigenvalue weighted by atomic mass is 9.63. The molecule has 0 unspecified atom stereocenters. The molecule has 1 rings (SSSR count). The van der Waals surface area contributed by atoms with Crippen molar-refractivity contribution in [1.29, 1.82) is 0 Å². The minimum Gasteiger partial charge on any atom is -0.465 e. The Morgan fingerprint density at radius 1 is 1.04 bits per heavy atom. The number of rotatable bonds is 10. The maximum atomic E-state index is 12.0. The van der Waals surface area contributed by atoms with Gasteiger partial charge in [-0.05, 0) is 38.0 Å². The van der Waals surface area contributed by atoms with Gasteiger partial charge in [0.15, 0.2) is 0 Å². The Morgan fingerprint density at radius 2 is 1.52 bits per heavy atom. The average molecular weight is 353 g/mol. The van der Waals surface area contributed by atoms with Crippen LogP contribution in [0, 0.1) is 17.3 Å². The van der Waals surface area contributed by atoms with Gasteiger partial charge in [0.2, 0.25) is 0 Å². The first-order valence-corrected chi connectivity index (χ1v) is 9.84. The van der Waals surface area contributed by atoms with E-state index in [9.17, 15) is 9.59 Å². The van der Waals surface area contributed by atoms with E-state index in [1.54, 1.807) is 0 Å². The largest absolute Gasteiger partial charge is 0.465 e. The van der Waals surface area contributed by atoms with Crippen LogP contribution in [0.3, 0.4) is 0 Å². The third-order valence-electron chi connectivity index (χ3n) is 5.52. The lowest BCUT2D eigenvalue weighted by Gasteiger charge is -2.45. The van der Waals surface area contributed by atoms with Gasteiger partial charge in [0, 0.05) is 18.3 Å². The van der Waals surface area contributed by atoms with Gasteiger partial charge in [-0.1, -0.05) is 52.2 Å². The standard InChI is InChI=1S/C21H36O4/c1-6-8-10-19(22)24-14-21(15-25-20(23)11-9-7-2)17(4)12-16(3)13-18(21)5/h12,17-18H,6-11,13-15H2,1-5H3/t17-,18-/m1/s1. The van der Waals surface area contributed by atoms with Gasteiger partial charge in [-0.25, -0.2) is 0 Å². The molecule has 144 valence electrons. The summed E-state index contributed by atoms with van der Waals surface area (Å²) >= 11 is 0. The first-order chi connectivity index (χ1) is 11.9. The fourth-order valence-corrected chi connectivity index (χ4v) is 3.60. The molecule has 0 heterocycles. The van der Waals surface area contributed by atoms with E-state index in [4.69, 9.17) is 9.47 Å². The first kappa shape index (κ1) is 21.7. The second kappa shape index (κ2) is 10.6. The van der Waals surface area contributed by atoms with Gasteiger partial charge in [-0.15, -0.1) is 0 Å². The van der Waals surface area contributed by atoms with Gasteiger partial charge in [0.05, 0.1) is 0 Å². The molecule has 0 fully saturated rings. The van der Waals surface area contributed by atoms with Crippen LogP contribution in [0.1, 0.15) is 79.6 Å². The molecule has 0 amide bonds. The number of carbonyl (C=O) groups is 2. The number of carbonyl (C=O) groups excluding carboxylic acids is 2. The molecule has 0 radical (unpaired) electrons. The Morgan fingerprint density at radius 3 is 1.92 bits per heavy atom. The van der Waals surface area contributed by atoms with E-state index in [0.29, 0.717) is 32.0 Å². The minimum atomic E-state index is -0.330. The SMILES string of the molecule is CCCCC(=O)OCC1(COC(=O)CCCC)[C@H](C)C=C(C)C[C@H]1C. The molecule has 0 saturated carbocycles. The highest BCUT2D eigenvalue weighted by Crippen LogP contribution is 2.45. The van der Waals surface area contributed by atoms with Crippen LogP contribution in [0.4, 0.5) is 0 Å². The van der Waals surface area contributed by atoms with E-state index in [0.717, 1.165) is 32.1 Å². The van der Waals surface area contributed by atoms with Gasteiger partial charge in [-0.2, -0.15) is 0 Å². The average Bonchev–Trinajstić information content (AvgIpc) is 2.57. The second-order valence-electron chi connectivity index (χ2n) is 7.67. The molecule has 0 aliphatic heterocycles. The molecular formula is C21H36O4. The Kier molecular flexibility index (Phi) is 9.23. The summed E-state index contributed by atoms with van der Waals surface area (Å²) in [4.78, 5) is 24.0. The number of esters is 2. The summed E-state index contributed by atoms with van der Waals surface area (Å²) in [5.74, 6) is 0.202. The van der Waals surface area contributed by atoms with E-state index in [-0.39, 0.29) is 23.3 Å². The Bertz CT molecular complexity index is 443. The van der Waals surface area contributed by atoms with Crippen molar-refractivity contribution in [1.82, 2.24) is 0 Å². The van der Waals surface area contributed by atoms with Crippen LogP contribution in [0.2, 0.25) is 0 Å². The van der Waals surface area contributed by atoms with E-state index in [2.05, 4.69) is 40.7 Å². The van der Waals surface area contributed by atoms with Crippen LogP contribution < -0.4 is 0 Å². The molecule has 1 aliphatic carbocycles. The van der Waals surface area contributed by atoms with Crippen molar-refractivity contribution < 1.29 is 19.1 Å². The summed E-state index contributed by atoms with van der Waals surface area (Å²) in [6, 6.07) is 0. The summed E-state index contributed by atoms with van der Waals surface area (Å²) in [5.41, 5.74) is 1.02. The fraction of sp³-hybridized carbons (Fsp3) is 0.810. The van der Waals surface area contributed by atoms with E-state index >= 15 is 0 Å². The topological polar surface area (TPSA) is 52.6 Å². The van der Waals surface area contributed by atoms with Crippen LogP contribution >= 0.6 is 0 Å². The monoisotopic (exact) mass is 352 g/mol. The highest BCUT2D eigenvalue weighted by molar-refractivity contribution is 5.70. The summed E-state index contributed by atoms with van der Waals surface area (Å²) < 4.78 is 11.2. The van der Waals surface area contributed by atoms with Gasteiger partial charge in [-0.3, -0.25) is 9.59 Å². The Balaban J connectivity index is 2.80. The lowest BCUT2D eigenvalue weighted by Crippen LogP contribution is -2.46. The van der Waals surface area contributed by atoms with Gasteiger partial charge < -0.3 is 9.47 Å². The summed E-state index contributed by atoms with van der Waals surface area (Å²) in [7, 11) is 0. The number of ether oxygens (including phenoxy) is 2. The zero-order chi connectivity index (χ0) is 18.9. The third-order valence-corrected chi connectivity index (χ3v) is 5.52. The van der Waals surface area contributed by atoms with Gasteiger partial charge in [0.25, 0.3) is 0 Å². The van der Waals surface area contributed by atoms with Crippen molar-refractivity contribution in [2.45, 2.75) is 79.6 Å². The smallest absolute Gasteiger partial charge is 0.305 e. The van der Waals surface area contributed by atoms with Crippen LogP contribution in [0.5, 0.6) is 0 Å². The molecule has 0 saturated heterocycles. The van der Waals surface area contributed by atoms with Crippen molar-refractivity contribution >= 4 is 11.9 Å². The van der Waals surface area contributed by atoms with E-state index in [1.807, 2.05) is 0 Å². The number of unbranched alkanes of at least 4 members (excludes halogenated alkanes) is 2. The summed E-state index contributed by atoms with van der Waals surface area (Å²) in [6.07, 6.45) is 7.75. The summed E-state index contributed by atoms with van der Waals surface area (Å²) in [6.45, 7) is 11.2. The number of hydrogen-bond acceptors (Lipinski definition) is 4. The lowest BCUT2D eigenvalue weighted by molar-refractivity contribution is -0.160. The molecule has 2 atom stereocenters. The van der Waals surface area contributed by atoms with Crippen molar-refractivity contribution in [2.24, 2.45) is 17.3 Å². The molecular weight excluding hydrogens is 316 g/mol. The van der Waals surface area contributed by atoms with E-state index in [1.165, 1.54) is 5.57 Å². The van der Waals surface area contributed by atoms with Crippen molar-refractivity contribution in [3.63, 3.8) is 0 Å². The fourth-order valence-electron chi connectivity index (χ4n) is 3.60. The minimum absolute atomic E-state index is 0.149. The van der Waals surface area contributed by atoms with Crippen molar-refractivity contribution in [2.75, 3.05) is 13.2 Å². The molecule has 0 aromatic rings. The molecule has 0 aromatic heterocycles. The molecule has 4 nitrogen and oxygen atoms in total. The predicted octanol–water partition coefficient (Wildman–Crippen LogP) is 5.06. The summed E-state index contributed by atoms with van der Waals surface area (Å²) in [5, 5.41) is 0. The molecule has 0 N–H and O–H groups in total. The maximum Gasteiger partial charge on any atom is 0.305 e. The van der Waals surface area contributed by atoms with Crippen molar-refractivity contribution in [3.8, 4) is 0 Å². The molecule has 4 heteroatoms. The van der Waals surface area contributed by atoms with Crippen molar-refractivity contribution in [3.05, 3.63) is 11.6 Å². The Hall–Kier alpha value is -1.32. The zero-order valence-corrected chi connectivity index (χ0v) is 16.7. The predicted molar refractivity (Wildman–Crippen MR) is 100 cm³/mol. The van der Waals surface area contributed by atoms with Crippen LogP contribution in [-0.2, 0) is 19.1 Å². The second-order valence-corrected chi connectivity index (χ2v) is 7.67. The maximum absolute atomic E-state index is 12.0. The number of hydrogen-bond donors (Lipinski definition) is 0. The zero-order valence-electron chi connectivity index (χ0n) is 16.7. The van der Waals surface area contributed by atoms with E-state index < -0.39 is 0 Å². The van der Waals surface area contributed by atoms with Crippen LogP contribution in [0.25, 0.3) is 0 Å². The molecule has 1 aliphatic rings. The molecule has 25 heavy (non-hydrogen) atoms. The first-order valence-electron chi connectivity index (χ1n) is 9.84. The molecule has 0 aromatic carbocycles. The van der Waals surface area contributed by atoms with Gasteiger partial charge in [0.1, 0.15) is 13.2 Å².